The lowest BCUT2D eigenvalue weighted by Gasteiger charge is -2.18. The van der Waals surface area contributed by atoms with Gasteiger partial charge in [-0.3, -0.25) is 0 Å². The Morgan fingerprint density at radius 3 is 2.20 bits per heavy atom. The highest BCUT2D eigenvalue weighted by Gasteiger charge is 2.17. The highest BCUT2D eigenvalue weighted by molar-refractivity contribution is 5.35. The van der Waals surface area contributed by atoms with Crippen LogP contribution in [0.1, 0.15) is 29.7 Å². The molecule has 0 aliphatic heterocycles. The number of nitrogens with one attached hydrogen (secondary N) is 1. The van der Waals surface area contributed by atoms with Crippen molar-refractivity contribution in [3.8, 4) is 0 Å². The minimum absolute atomic E-state index is 0.358. The zero-order valence-electron chi connectivity index (χ0n) is 11.4. The van der Waals surface area contributed by atoms with Crippen LogP contribution in [0.4, 0.5) is 13.2 Å². The van der Waals surface area contributed by atoms with Crippen molar-refractivity contribution in [1.82, 2.24) is 5.32 Å². The van der Waals surface area contributed by atoms with Crippen molar-refractivity contribution in [2.24, 2.45) is 0 Å². The third-order valence-corrected chi connectivity index (χ3v) is 3.32. The van der Waals surface area contributed by atoms with E-state index in [0.717, 1.165) is 29.7 Å². The first-order chi connectivity index (χ1) is 9.56. The van der Waals surface area contributed by atoms with E-state index in [1.807, 2.05) is 31.2 Å². The Bertz CT molecular complexity index is 587. The number of rotatable bonds is 4. The Balaban J connectivity index is 2.46. The summed E-state index contributed by atoms with van der Waals surface area (Å²) in [5, 5.41) is 3.00. The maximum absolute atomic E-state index is 13.4. The van der Waals surface area contributed by atoms with Crippen LogP contribution < -0.4 is 5.32 Å². The molecule has 1 nitrogen and oxygen atoms in total. The Morgan fingerprint density at radius 1 is 1.00 bits per heavy atom. The zero-order chi connectivity index (χ0) is 14.7. The molecule has 0 radical (unpaired) electrons. The number of benzene rings is 2. The van der Waals surface area contributed by atoms with Gasteiger partial charge in [-0.2, -0.15) is 0 Å². The van der Waals surface area contributed by atoms with E-state index in [1.165, 1.54) is 0 Å². The highest BCUT2D eigenvalue weighted by Crippen LogP contribution is 2.25. The van der Waals surface area contributed by atoms with Crippen molar-refractivity contribution < 1.29 is 13.2 Å². The molecule has 1 atom stereocenters. The maximum atomic E-state index is 13.4. The second-order valence-corrected chi connectivity index (χ2v) is 4.62. The van der Waals surface area contributed by atoms with Crippen LogP contribution in [0.3, 0.4) is 0 Å². The molecule has 2 rings (SSSR count). The van der Waals surface area contributed by atoms with Crippen molar-refractivity contribution in [3.05, 3.63) is 70.5 Å². The van der Waals surface area contributed by atoms with Gasteiger partial charge in [-0.1, -0.05) is 31.2 Å². The van der Waals surface area contributed by atoms with Crippen molar-refractivity contribution in [2.75, 3.05) is 7.05 Å². The molecule has 2 aromatic rings. The average Bonchev–Trinajstić information content (AvgIpc) is 2.45. The van der Waals surface area contributed by atoms with Gasteiger partial charge in [0.05, 0.1) is 6.04 Å². The summed E-state index contributed by atoms with van der Waals surface area (Å²) in [6.07, 6.45) is 0.871. The predicted octanol–water partition coefficient (Wildman–Crippen LogP) is 3.98. The quantitative estimate of drug-likeness (QED) is 0.835. The molecular formula is C16H16F3N. The molecule has 0 spiro atoms. The summed E-state index contributed by atoms with van der Waals surface area (Å²) in [5.41, 5.74) is 2.38. The molecule has 0 amide bonds. The van der Waals surface area contributed by atoms with Crippen molar-refractivity contribution in [2.45, 2.75) is 19.4 Å². The molecule has 0 aliphatic rings. The molecule has 0 saturated heterocycles. The first-order valence-electron chi connectivity index (χ1n) is 6.47. The van der Waals surface area contributed by atoms with Gasteiger partial charge in [0, 0.05) is 0 Å². The number of halogens is 3. The second-order valence-electron chi connectivity index (χ2n) is 4.62. The standard InChI is InChI=1S/C16H16F3N/c1-3-10-5-4-6-11(7-10)16(20-2)12-8-13(17)15(19)14(18)9-12/h4-9,16,20H,3H2,1-2H3. The molecule has 0 saturated carbocycles. The molecule has 2 aromatic carbocycles. The Labute approximate surface area is 116 Å². The fourth-order valence-corrected chi connectivity index (χ4v) is 2.26. The Hall–Kier alpha value is -1.81. The molecule has 0 bridgehead atoms. The van der Waals surface area contributed by atoms with E-state index in [2.05, 4.69) is 5.32 Å². The first kappa shape index (κ1) is 14.6. The molecular weight excluding hydrogens is 263 g/mol. The normalized spacial score (nSPS) is 12.4. The molecule has 1 unspecified atom stereocenters. The third-order valence-electron chi connectivity index (χ3n) is 3.32. The van der Waals surface area contributed by atoms with Gasteiger partial charge in [-0.25, -0.2) is 13.2 Å². The molecule has 0 aromatic heterocycles. The van der Waals surface area contributed by atoms with Gasteiger partial charge >= 0.3 is 0 Å². The van der Waals surface area contributed by atoms with Gasteiger partial charge in [0.1, 0.15) is 0 Å². The van der Waals surface area contributed by atoms with E-state index in [4.69, 9.17) is 0 Å². The van der Waals surface area contributed by atoms with Crippen molar-refractivity contribution in [1.29, 1.82) is 0 Å². The molecule has 106 valence electrons. The fourth-order valence-electron chi connectivity index (χ4n) is 2.26. The van der Waals surface area contributed by atoms with Crippen LogP contribution in [0, 0.1) is 17.5 Å². The van der Waals surface area contributed by atoms with E-state index in [1.54, 1.807) is 7.05 Å². The van der Waals surface area contributed by atoms with Crippen molar-refractivity contribution >= 4 is 0 Å². The van der Waals surface area contributed by atoms with Crippen LogP contribution in [0.25, 0.3) is 0 Å². The van der Waals surface area contributed by atoms with E-state index in [9.17, 15) is 13.2 Å². The van der Waals surface area contributed by atoms with Crippen molar-refractivity contribution in [3.63, 3.8) is 0 Å². The largest absolute Gasteiger partial charge is 0.309 e. The van der Waals surface area contributed by atoms with Crippen LogP contribution in [0.5, 0.6) is 0 Å². The summed E-state index contributed by atoms with van der Waals surface area (Å²) >= 11 is 0. The van der Waals surface area contributed by atoms with E-state index in [-0.39, 0.29) is 6.04 Å². The van der Waals surface area contributed by atoms with Gasteiger partial charge in [-0.15, -0.1) is 0 Å². The number of hydrogen-bond donors (Lipinski definition) is 1. The summed E-state index contributed by atoms with van der Waals surface area (Å²) in [7, 11) is 1.70. The fraction of sp³-hybridized carbons (Fsp3) is 0.250. The minimum Gasteiger partial charge on any atom is -0.309 e. The summed E-state index contributed by atoms with van der Waals surface area (Å²) < 4.78 is 39.7. The topological polar surface area (TPSA) is 12.0 Å². The summed E-state index contributed by atoms with van der Waals surface area (Å²) in [6.45, 7) is 2.03. The SMILES string of the molecule is CCc1cccc(C(NC)c2cc(F)c(F)c(F)c2)c1. The summed E-state index contributed by atoms with van der Waals surface area (Å²) in [4.78, 5) is 0. The zero-order valence-corrected chi connectivity index (χ0v) is 11.4. The van der Waals surface area contributed by atoms with Gasteiger partial charge in [0.2, 0.25) is 0 Å². The Kier molecular flexibility index (Phi) is 4.45. The summed E-state index contributed by atoms with van der Waals surface area (Å²) in [5.74, 6) is -3.79. The van der Waals surface area contributed by atoms with E-state index in [0.29, 0.717) is 5.56 Å². The molecule has 0 fully saturated rings. The van der Waals surface area contributed by atoms with Crippen LogP contribution in [-0.4, -0.2) is 7.05 Å². The predicted molar refractivity (Wildman–Crippen MR) is 73.0 cm³/mol. The van der Waals surface area contributed by atoms with Gasteiger partial charge in [0.15, 0.2) is 17.5 Å². The van der Waals surface area contributed by atoms with E-state index < -0.39 is 17.5 Å². The summed E-state index contributed by atoms with van der Waals surface area (Å²) in [6, 6.07) is 9.40. The van der Waals surface area contributed by atoms with E-state index >= 15 is 0 Å². The highest BCUT2D eigenvalue weighted by atomic mass is 19.2. The Morgan fingerprint density at radius 2 is 1.65 bits per heavy atom. The smallest absolute Gasteiger partial charge is 0.194 e. The first-order valence-corrected chi connectivity index (χ1v) is 6.47. The van der Waals surface area contributed by atoms with Crippen LogP contribution in [0.15, 0.2) is 36.4 Å². The van der Waals surface area contributed by atoms with Crippen LogP contribution in [0.2, 0.25) is 0 Å². The monoisotopic (exact) mass is 279 g/mol. The second kappa shape index (κ2) is 6.09. The number of aryl methyl sites for hydroxylation is 1. The lowest BCUT2D eigenvalue weighted by molar-refractivity contribution is 0.443. The van der Waals surface area contributed by atoms with Gasteiger partial charge in [0.25, 0.3) is 0 Å². The van der Waals surface area contributed by atoms with Crippen LogP contribution >= 0.6 is 0 Å². The van der Waals surface area contributed by atoms with Crippen LogP contribution in [-0.2, 0) is 6.42 Å². The minimum atomic E-state index is -1.44. The molecule has 0 heterocycles. The lowest BCUT2D eigenvalue weighted by Crippen LogP contribution is -2.18. The molecule has 1 N–H and O–H groups in total. The average molecular weight is 279 g/mol. The molecule has 0 aliphatic carbocycles. The maximum Gasteiger partial charge on any atom is 0.194 e. The molecule has 20 heavy (non-hydrogen) atoms. The lowest BCUT2D eigenvalue weighted by atomic mass is 9.96. The molecule has 4 heteroatoms. The van der Waals surface area contributed by atoms with Gasteiger partial charge < -0.3 is 5.32 Å². The number of hydrogen-bond acceptors (Lipinski definition) is 1. The van der Waals surface area contributed by atoms with Gasteiger partial charge in [-0.05, 0) is 42.3 Å². The third kappa shape index (κ3) is 2.85.